The number of carbonyl (C=O) groups is 1. The quantitative estimate of drug-likeness (QED) is 0.546. The smallest absolute Gasteiger partial charge is 0.221 e. The third-order valence-corrected chi connectivity index (χ3v) is 5.54. The third kappa shape index (κ3) is 7.29. The van der Waals surface area contributed by atoms with E-state index < -0.39 is 0 Å². The Morgan fingerprint density at radius 2 is 1.88 bits per heavy atom. The highest BCUT2D eigenvalue weighted by Crippen LogP contribution is 2.21. The van der Waals surface area contributed by atoms with E-state index in [0.717, 1.165) is 55.3 Å². The lowest BCUT2D eigenvalue weighted by atomic mass is 10.1. The van der Waals surface area contributed by atoms with Gasteiger partial charge < -0.3 is 20.3 Å². The minimum absolute atomic E-state index is 0.0944. The van der Waals surface area contributed by atoms with Crippen LogP contribution in [0.5, 0.6) is 5.75 Å². The number of benzene rings is 2. The van der Waals surface area contributed by atoms with Gasteiger partial charge in [-0.3, -0.25) is 4.79 Å². The van der Waals surface area contributed by atoms with Crippen LogP contribution < -0.4 is 15.4 Å². The van der Waals surface area contributed by atoms with Crippen molar-refractivity contribution < 1.29 is 9.53 Å². The number of rotatable bonds is 0. The molecule has 33 heavy (non-hydrogen) atoms. The summed E-state index contributed by atoms with van der Waals surface area (Å²) in [5, 5.41) is 6.36. The minimum Gasteiger partial charge on any atom is -0.494 e. The van der Waals surface area contributed by atoms with Crippen LogP contribution in [-0.2, 0) is 17.8 Å². The molecule has 0 aliphatic carbocycles. The molecule has 0 spiro atoms. The molecule has 0 saturated carbocycles. The number of fused-ring (bicyclic) bond motifs is 6. The SMILES string of the molecule is CN1CCC(=O)NCCCCOc2cccc(c2)Nc2cc(ncn2)Cc2cccc(c2)C1. The van der Waals surface area contributed by atoms with E-state index in [1.165, 1.54) is 11.1 Å². The van der Waals surface area contributed by atoms with E-state index in [9.17, 15) is 4.79 Å². The van der Waals surface area contributed by atoms with Crippen molar-refractivity contribution in [3.8, 4) is 5.75 Å². The Bertz CT molecular complexity index is 1070. The maximum absolute atomic E-state index is 12.2. The van der Waals surface area contributed by atoms with Crippen LogP contribution in [0.2, 0.25) is 0 Å². The molecule has 6 bridgehead atoms. The van der Waals surface area contributed by atoms with Gasteiger partial charge in [0.25, 0.3) is 0 Å². The lowest BCUT2D eigenvalue weighted by molar-refractivity contribution is -0.121. The Hall–Kier alpha value is -3.45. The second kappa shape index (κ2) is 11.4. The van der Waals surface area contributed by atoms with Crippen molar-refractivity contribution in [1.29, 1.82) is 0 Å². The van der Waals surface area contributed by atoms with E-state index in [2.05, 4.69) is 49.8 Å². The number of nitrogens with zero attached hydrogens (tertiary/aromatic N) is 3. The predicted molar refractivity (Wildman–Crippen MR) is 130 cm³/mol. The highest BCUT2D eigenvalue weighted by atomic mass is 16.5. The summed E-state index contributed by atoms with van der Waals surface area (Å²) in [5.41, 5.74) is 4.28. The van der Waals surface area contributed by atoms with Gasteiger partial charge in [-0.25, -0.2) is 9.97 Å². The molecule has 7 heteroatoms. The molecular weight excluding hydrogens is 414 g/mol. The van der Waals surface area contributed by atoms with Gasteiger partial charge in [0.1, 0.15) is 17.9 Å². The van der Waals surface area contributed by atoms with Crippen molar-refractivity contribution in [1.82, 2.24) is 20.2 Å². The first-order valence-corrected chi connectivity index (χ1v) is 11.5. The van der Waals surface area contributed by atoms with E-state index in [4.69, 9.17) is 4.74 Å². The van der Waals surface area contributed by atoms with Crippen molar-refractivity contribution in [2.24, 2.45) is 0 Å². The predicted octanol–water partition coefficient (Wildman–Crippen LogP) is 3.92. The van der Waals surface area contributed by atoms with Crippen LogP contribution in [0, 0.1) is 0 Å². The first-order chi connectivity index (χ1) is 16.1. The number of nitrogens with one attached hydrogen (secondary N) is 2. The molecule has 0 fully saturated rings. The zero-order chi connectivity index (χ0) is 22.9. The highest BCUT2D eigenvalue weighted by Gasteiger charge is 2.08. The first-order valence-electron chi connectivity index (χ1n) is 11.5. The molecule has 0 radical (unpaired) electrons. The summed E-state index contributed by atoms with van der Waals surface area (Å²) in [6.07, 6.45) is 4.58. The number of carbonyl (C=O) groups excluding carboxylic acids is 1. The molecular formula is C26H31N5O2. The highest BCUT2D eigenvalue weighted by molar-refractivity contribution is 5.76. The molecule has 1 aromatic heterocycles. The molecule has 172 valence electrons. The maximum atomic E-state index is 12.2. The molecule has 3 aromatic rings. The molecule has 1 amide bonds. The van der Waals surface area contributed by atoms with Crippen molar-refractivity contribution >= 4 is 17.4 Å². The number of hydrogen-bond acceptors (Lipinski definition) is 6. The van der Waals surface area contributed by atoms with E-state index in [-0.39, 0.29) is 5.91 Å². The topological polar surface area (TPSA) is 79.4 Å². The van der Waals surface area contributed by atoms with Crippen LogP contribution in [0.1, 0.15) is 36.1 Å². The van der Waals surface area contributed by atoms with Gasteiger partial charge in [0.15, 0.2) is 0 Å². The molecule has 2 aromatic carbocycles. The van der Waals surface area contributed by atoms with Gasteiger partial charge in [-0.15, -0.1) is 0 Å². The zero-order valence-corrected chi connectivity index (χ0v) is 19.1. The molecule has 0 atom stereocenters. The summed E-state index contributed by atoms with van der Waals surface area (Å²) in [7, 11) is 2.05. The van der Waals surface area contributed by atoms with Crippen LogP contribution in [0.25, 0.3) is 0 Å². The molecule has 1 aliphatic rings. The van der Waals surface area contributed by atoms with E-state index in [1.807, 2.05) is 37.4 Å². The van der Waals surface area contributed by atoms with Crippen LogP contribution in [0.15, 0.2) is 60.9 Å². The van der Waals surface area contributed by atoms with Gasteiger partial charge in [-0.1, -0.05) is 30.3 Å². The van der Waals surface area contributed by atoms with Gasteiger partial charge in [0.05, 0.1) is 12.3 Å². The molecule has 7 nitrogen and oxygen atoms in total. The fourth-order valence-corrected chi connectivity index (χ4v) is 3.84. The van der Waals surface area contributed by atoms with E-state index in [0.29, 0.717) is 19.6 Å². The Labute approximate surface area is 195 Å². The van der Waals surface area contributed by atoms with Crippen molar-refractivity contribution in [3.63, 3.8) is 0 Å². The molecule has 2 heterocycles. The normalized spacial score (nSPS) is 16.3. The Kier molecular flexibility index (Phi) is 7.87. The van der Waals surface area contributed by atoms with Gasteiger partial charge >= 0.3 is 0 Å². The maximum Gasteiger partial charge on any atom is 0.221 e. The summed E-state index contributed by atoms with van der Waals surface area (Å²) in [5.74, 6) is 1.66. The summed E-state index contributed by atoms with van der Waals surface area (Å²) in [6.45, 7) is 2.80. The van der Waals surface area contributed by atoms with Crippen LogP contribution in [0.3, 0.4) is 0 Å². The van der Waals surface area contributed by atoms with Gasteiger partial charge in [-0.2, -0.15) is 0 Å². The second-order valence-electron chi connectivity index (χ2n) is 8.44. The van der Waals surface area contributed by atoms with Crippen molar-refractivity contribution in [2.75, 3.05) is 32.1 Å². The number of aromatic nitrogens is 2. The average molecular weight is 446 g/mol. The summed E-state index contributed by atoms with van der Waals surface area (Å²) in [4.78, 5) is 23.2. The van der Waals surface area contributed by atoms with E-state index in [1.54, 1.807) is 6.33 Å². The van der Waals surface area contributed by atoms with Crippen LogP contribution >= 0.6 is 0 Å². The molecule has 0 unspecified atom stereocenters. The third-order valence-electron chi connectivity index (χ3n) is 5.54. The monoisotopic (exact) mass is 445 g/mol. The molecule has 1 aliphatic heterocycles. The van der Waals surface area contributed by atoms with Gasteiger partial charge in [-0.05, 0) is 43.1 Å². The van der Waals surface area contributed by atoms with Crippen molar-refractivity contribution in [3.05, 3.63) is 77.7 Å². The number of hydrogen-bond donors (Lipinski definition) is 2. The summed E-state index contributed by atoms with van der Waals surface area (Å²) < 4.78 is 5.89. The summed E-state index contributed by atoms with van der Waals surface area (Å²) in [6, 6.07) is 18.4. The standard InChI is InChI=1S/C26H31N5O2/c1-31-12-10-26(32)27-11-2-3-13-33-24-9-5-8-22(16-24)30-25-17-23(28-19-29-25)15-20-6-4-7-21(14-20)18-31/h4-9,14,16-17,19H,2-3,10-13,15,18H2,1H3,(H,27,32)(H,28,29,30). The zero-order valence-electron chi connectivity index (χ0n) is 19.1. The number of amides is 1. The molecule has 4 rings (SSSR count). The Morgan fingerprint density at radius 3 is 2.82 bits per heavy atom. The first kappa shape index (κ1) is 22.7. The number of ether oxygens (including phenoxy) is 1. The summed E-state index contributed by atoms with van der Waals surface area (Å²) >= 11 is 0. The molecule has 2 N–H and O–H groups in total. The fourth-order valence-electron chi connectivity index (χ4n) is 3.84. The van der Waals surface area contributed by atoms with Gasteiger partial charge in [0.2, 0.25) is 5.91 Å². The second-order valence-corrected chi connectivity index (χ2v) is 8.44. The Morgan fingerprint density at radius 1 is 1.00 bits per heavy atom. The Balaban J connectivity index is 1.52. The fraction of sp³-hybridized carbons (Fsp3) is 0.346. The van der Waals surface area contributed by atoms with E-state index >= 15 is 0 Å². The van der Waals surface area contributed by atoms with Gasteiger partial charge in [0, 0.05) is 50.3 Å². The van der Waals surface area contributed by atoms with Crippen LogP contribution in [0.4, 0.5) is 11.5 Å². The lowest BCUT2D eigenvalue weighted by Crippen LogP contribution is -2.29. The largest absolute Gasteiger partial charge is 0.494 e. The van der Waals surface area contributed by atoms with Crippen LogP contribution in [-0.4, -0.2) is 47.5 Å². The minimum atomic E-state index is 0.0944. The van der Waals surface area contributed by atoms with Crippen molar-refractivity contribution in [2.45, 2.75) is 32.2 Å². The number of anilines is 2. The average Bonchev–Trinajstić information content (AvgIpc) is 2.80. The lowest BCUT2D eigenvalue weighted by Gasteiger charge is -2.17. The molecule has 0 saturated heterocycles.